The topological polar surface area (TPSA) is 16.1 Å². The molecule has 0 radical (unpaired) electrons. The van der Waals surface area contributed by atoms with Gasteiger partial charge < -0.3 is 0 Å². The van der Waals surface area contributed by atoms with E-state index in [4.69, 9.17) is 0 Å². The van der Waals surface area contributed by atoms with Crippen molar-refractivity contribution in [3.63, 3.8) is 0 Å². The third-order valence-electron chi connectivity index (χ3n) is 5.90. The van der Waals surface area contributed by atoms with Crippen LogP contribution in [0.3, 0.4) is 0 Å². The van der Waals surface area contributed by atoms with Gasteiger partial charge in [0.05, 0.1) is 5.52 Å². The highest BCUT2D eigenvalue weighted by Gasteiger charge is 2.41. The van der Waals surface area contributed by atoms with Crippen LogP contribution in [0.15, 0.2) is 49.2 Å². The van der Waals surface area contributed by atoms with Crippen molar-refractivity contribution in [2.45, 2.75) is 31.7 Å². The Bertz CT molecular complexity index is 688. The Labute approximate surface area is 132 Å². The number of nitrogens with zero attached hydrogens (tertiary/aromatic N) is 2. The molecular weight excluding hydrogens is 268 g/mol. The van der Waals surface area contributed by atoms with E-state index in [0.29, 0.717) is 17.9 Å². The first-order chi connectivity index (χ1) is 10.8. The minimum Gasteiger partial charge on any atom is -0.299 e. The molecule has 3 fully saturated rings. The molecule has 1 aromatic carbocycles. The quantitative estimate of drug-likeness (QED) is 0.787. The van der Waals surface area contributed by atoms with Crippen molar-refractivity contribution in [1.82, 2.24) is 9.88 Å². The lowest BCUT2D eigenvalue weighted by atomic mass is 9.71. The van der Waals surface area contributed by atoms with Gasteiger partial charge in [-0.25, -0.2) is 0 Å². The van der Waals surface area contributed by atoms with E-state index in [1.165, 1.54) is 36.9 Å². The lowest BCUT2D eigenvalue weighted by molar-refractivity contribution is 0.00925. The number of aromatic nitrogens is 1. The third-order valence-corrected chi connectivity index (χ3v) is 5.90. The summed E-state index contributed by atoms with van der Waals surface area (Å²) in [6, 6.07) is 11.4. The highest BCUT2D eigenvalue weighted by Crippen LogP contribution is 2.42. The molecule has 5 atom stereocenters. The molecule has 22 heavy (non-hydrogen) atoms. The van der Waals surface area contributed by atoms with Crippen molar-refractivity contribution in [2.24, 2.45) is 11.8 Å². The molecule has 114 valence electrons. The average Bonchev–Trinajstić information content (AvgIpc) is 2.60. The minimum absolute atomic E-state index is 0.557. The van der Waals surface area contributed by atoms with E-state index in [1.807, 2.05) is 6.20 Å². The molecular formula is C20H24N2. The van der Waals surface area contributed by atoms with Gasteiger partial charge in [-0.05, 0) is 54.8 Å². The molecule has 2 aromatic rings. The standard InChI is InChI=1S/C20H24N2/c1-3-15-13-22-11-9-16(15)12-20(22)14(2)17-8-10-21-19-7-5-4-6-18(17)19/h3-8,10,14-16,20H,1,9,11-13H2,2H3. The number of fused-ring (bicyclic) bond motifs is 4. The van der Waals surface area contributed by atoms with Crippen molar-refractivity contribution in [3.8, 4) is 0 Å². The van der Waals surface area contributed by atoms with Crippen LogP contribution < -0.4 is 0 Å². The number of benzene rings is 1. The van der Waals surface area contributed by atoms with Gasteiger partial charge in [-0.3, -0.25) is 9.88 Å². The summed E-state index contributed by atoms with van der Waals surface area (Å²) in [5.74, 6) is 2.09. The summed E-state index contributed by atoms with van der Waals surface area (Å²) >= 11 is 0. The summed E-state index contributed by atoms with van der Waals surface area (Å²) in [7, 11) is 0. The number of piperidine rings is 3. The fourth-order valence-electron chi connectivity index (χ4n) is 4.62. The monoisotopic (exact) mass is 292 g/mol. The molecule has 1 aromatic heterocycles. The van der Waals surface area contributed by atoms with Crippen LogP contribution in [0.1, 0.15) is 31.2 Å². The normalized spacial score (nSPS) is 32.0. The van der Waals surface area contributed by atoms with Crippen LogP contribution in [0, 0.1) is 11.8 Å². The fourth-order valence-corrected chi connectivity index (χ4v) is 4.62. The zero-order chi connectivity index (χ0) is 15.1. The van der Waals surface area contributed by atoms with Gasteiger partial charge in [0.2, 0.25) is 0 Å². The Morgan fingerprint density at radius 3 is 2.95 bits per heavy atom. The maximum absolute atomic E-state index is 4.52. The van der Waals surface area contributed by atoms with Crippen LogP contribution >= 0.6 is 0 Å². The molecule has 3 aliphatic rings. The minimum atomic E-state index is 0.557. The Hall–Kier alpha value is -1.67. The first-order valence-corrected chi connectivity index (χ1v) is 8.48. The summed E-state index contributed by atoms with van der Waals surface area (Å²) in [6.45, 7) is 8.89. The molecule has 2 bridgehead atoms. The number of rotatable bonds is 3. The molecule has 5 unspecified atom stereocenters. The van der Waals surface area contributed by atoms with Crippen molar-refractivity contribution in [2.75, 3.05) is 13.1 Å². The second-order valence-electron chi connectivity index (χ2n) is 6.95. The highest BCUT2D eigenvalue weighted by molar-refractivity contribution is 5.82. The van der Waals surface area contributed by atoms with Gasteiger partial charge in [-0.1, -0.05) is 31.2 Å². The van der Waals surface area contributed by atoms with Gasteiger partial charge in [0, 0.05) is 24.2 Å². The largest absolute Gasteiger partial charge is 0.299 e. The Balaban J connectivity index is 1.67. The number of hydrogen-bond acceptors (Lipinski definition) is 2. The molecule has 3 saturated heterocycles. The predicted molar refractivity (Wildman–Crippen MR) is 91.9 cm³/mol. The molecule has 3 aliphatic heterocycles. The van der Waals surface area contributed by atoms with E-state index in [0.717, 1.165) is 11.4 Å². The molecule has 4 heterocycles. The zero-order valence-corrected chi connectivity index (χ0v) is 13.3. The first kappa shape index (κ1) is 14.0. The summed E-state index contributed by atoms with van der Waals surface area (Å²) in [4.78, 5) is 7.22. The Morgan fingerprint density at radius 1 is 1.32 bits per heavy atom. The van der Waals surface area contributed by atoms with Gasteiger partial charge >= 0.3 is 0 Å². The predicted octanol–water partition coefficient (Wildman–Crippen LogP) is 4.23. The van der Waals surface area contributed by atoms with Crippen LogP contribution in [-0.4, -0.2) is 29.0 Å². The summed E-state index contributed by atoms with van der Waals surface area (Å²) in [5, 5.41) is 1.32. The van der Waals surface area contributed by atoms with E-state index < -0.39 is 0 Å². The lowest BCUT2D eigenvalue weighted by Crippen LogP contribution is -2.54. The summed E-state index contributed by atoms with van der Waals surface area (Å²) in [6.07, 6.45) is 6.81. The molecule has 2 nitrogen and oxygen atoms in total. The molecule has 0 aliphatic carbocycles. The number of pyridine rings is 1. The second-order valence-corrected chi connectivity index (χ2v) is 6.95. The fraction of sp³-hybridized carbons (Fsp3) is 0.450. The Morgan fingerprint density at radius 2 is 2.18 bits per heavy atom. The molecule has 2 heteroatoms. The average molecular weight is 292 g/mol. The third kappa shape index (κ3) is 2.17. The molecule has 0 saturated carbocycles. The number of para-hydroxylation sites is 1. The van der Waals surface area contributed by atoms with Crippen molar-refractivity contribution >= 4 is 10.9 Å². The van der Waals surface area contributed by atoms with E-state index in [9.17, 15) is 0 Å². The van der Waals surface area contributed by atoms with Crippen molar-refractivity contribution in [3.05, 3.63) is 54.7 Å². The van der Waals surface area contributed by atoms with Gasteiger partial charge in [0.1, 0.15) is 0 Å². The van der Waals surface area contributed by atoms with E-state index in [-0.39, 0.29) is 0 Å². The molecule has 0 spiro atoms. The van der Waals surface area contributed by atoms with Gasteiger partial charge in [-0.15, -0.1) is 6.58 Å². The number of hydrogen-bond donors (Lipinski definition) is 0. The SMILES string of the molecule is C=CC1CN2CCC1CC2C(C)c1ccnc2ccccc12. The smallest absolute Gasteiger partial charge is 0.0704 e. The highest BCUT2D eigenvalue weighted by atomic mass is 15.2. The first-order valence-electron chi connectivity index (χ1n) is 8.48. The van der Waals surface area contributed by atoms with Crippen LogP contribution in [0.25, 0.3) is 10.9 Å². The van der Waals surface area contributed by atoms with E-state index in [1.54, 1.807) is 0 Å². The van der Waals surface area contributed by atoms with Crippen molar-refractivity contribution < 1.29 is 0 Å². The molecule has 0 amide bonds. The zero-order valence-electron chi connectivity index (χ0n) is 13.3. The summed E-state index contributed by atoms with van der Waals surface area (Å²) < 4.78 is 0. The maximum atomic E-state index is 4.52. The van der Waals surface area contributed by atoms with Gasteiger partial charge in [-0.2, -0.15) is 0 Å². The van der Waals surface area contributed by atoms with E-state index in [2.05, 4.69) is 59.8 Å². The van der Waals surface area contributed by atoms with Gasteiger partial charge in [0.25, 0.3) is 0 Å². The Kier molecular flexibility index (Phi) is 3.50. The van der Waals surface area contributed by atoms with Crippen LogP contribution in [0.2, 0.25) is 0 Å². The van der Waals surface area contributed by atoms with Crippen molar-refractivity contribution in [1.29, 1.82) is 0 Å². The van der Waals surface area contributed by atoms with Crippen LogP contribution in [-0.2, 0) is 0 Å². The maximum Gasteiger partial charge on any atom is 0.0704 e. The van der Waals surface area contributed by atoms with Gasteiger partial charge in [0.15, 0.2) is 0 Å². The molecule has 5 rings (SSSR count). The lowest BCUT2D eigenvalue weighted by Gasteiger charge is -2.51. The van der Waals surface area contributed by atoms with E-state index >= 15 is 0 Å². The molecule has 0 N–H and O–H groups in total. The summed E-state index contributed by atoms with van der Waals surface area (Å²) in [5.41, 5.74) is 2.57. The second kappa shape index (κ2) is 5.51. The van der Waals surface area contributed by atoms with Crippen LogP contribution in [0.4, 0.5) is 0 Å². The van der Waals surface area contributed by atoms with Crippen LogP contribution in [0.5, 0.6) is 0 Å².